The van der Waals surface area contributed by atoms with E-state index in [1.54, 1.807) is 12.1 Å². The van der Waals surface area contributed by atoms with Gasteiger partial charge in [-0.1, -0.05) is 18.2 Å². The van der Waals surface area contributed by atoms with Gasteiger partial charge in [-0.25, -0.2) is 0 Å². The number of rotatable bonds is 3. The second kappa shape index (κ2) is 6.79. The molecule has 3 aromatic rings. The summed E-state index contributed by atoms with van der Waals surface area (Å²) in [5.74, 6) is 0.00130. The first-order valence-corrected chi connectivity index (χ1v) is 9.96. The number of fused-ring (bicyclic) bond motifs is 4. The summed E-state index contributed by atoms with van der Waals surface area (Å²) in [6, 6.07) is 10.7. The van der Waals surface area contributed by atoms with Gasteiger partial charge in [0.1, 0.15) is 0 Å². The predicted octanol–water partition coefficient (Wildman–Crippen LogP) is 3.00. The van der Waals surface area contributed by atoms with E-state index in [9.17, 15) is 14.7 Å². The molecule has 2 atom stereocenters. The van der Waals surface area contributed by atoms with Gasteiger partial charge >= 0.3 is 0 Å². The molecule has 2 aliphatic heterocycles. The zero-order valence-corrected chi connectivity index (χ0v) is 16.8. The van der Waals surface area contributed by atoms with Crippen LogP contribution in [0.1, 0.15) is 40.2 Å². The highest BCUT2D eigenvalue weighted by Gasteiger charge is 2.45. The van der Waals surface area contributed by atoms with E-state index >= 15 is 0 Å². The largest absolute Gasteiger partial charge is 0.502 e. The first-order chi connectivity index (χ1) is 14.5. The van der Waals surface area contributed by atoms with Crippen molar-refractivity contribution in [2.75, 3.05) is 20.8 Å². The summed E-state index contributed by atoms with van der Waals surface area (Å²) in [4.78, 5) is 31.5. The van der Waals surface area contributed by atoms with Gasteiger partial charge in [0.25, 0.3) is 11.5 Å². The normalized spacial score (nSPS) is 20.2. The molecule has 1 saturated heterocycles. The minimum Gasteiger partial charge on any atom is -0.502 e. The van der Waals surface area contributed by atoms with Crippen molar-refractivity contribution in [1.82, 2.24) is 9.88 Å². The average Bonchev–Trinajstić information content (AvgIpc) is 3.24. The lowest BCUT2D eigenvalue weighted by Crippen LogP contribution is -2.47. The van der Waals surface area contributed by atoms with Crippen LogP contribution in [0.25, 0.3) is 10.9 Å². The van der Waals surface area contributed by atoms with Gasteiger partial charge in [0.2, 0.25) is 5.75 Å². The first kappa shape index (κ1) is 18.5. The Labute approximate surface area is 172 Å². The molecule has 154 valence electrons. The zero-order valence-electron chi connectivity index (χ0n) is 16.8. The highest BCUT2D eigenvalue weighted by atomic mass is 16.5. The Bertz CT molecular complexity index is 1210. The van der Waals surface area contributed by atoms with E-state index < -0.39 is 0 Å². The molecule has 7 nitrogen and oxygen atoms in total. The van der Waals surface area contributed by atoms with Crippen LogP contribution < -0.4 is 15.0 Å². The van der Waals surface area contributed by atoms with Crippen molar-refractivity contribution in [2.24, 2.45) is 0 Å². The average molecular weight is 406 g/mol. The number of phenols is 1. The Morgan fingerprint density at radius 2 is 1.80 bits per heavy atom. The monoisotopic (exact) mass is 406 g/mol. The number of nitrogens with one attached hydrogen (secondary N) is 1. The number of hydrogen-bond acceptors (Lipinski definition) is 5. The van der Waals surface area contributed by atoms with Crippen LogP contribution in [0.5, 0.6) is 17.2 Å². The second-order valence-corrected chi connectivity index (χ2v) is 7.75. The van der Waals surface area contributed by atoms with Crippen LogP contribution in [-0.2, 0) is 0 Å². The Morgan fingerprint density at radius 1 is 1.10 bits per heavy atom. The molecule has 5 rings (SSSR count). The quantitative estimate of drug-likeness (QED) is 0.698. The fourth-order valence-electron chi connectivity index (χ4n) is 4.99. The molecular weight excluding hydrogens is 384 g/mol. The van der Waals surface area contributed by atoms with E-state index in [2.05, 4.69) is 4.98 Å². The molecule has 1 aromatic heterocycles. The summed E-state index contributed by atoms with van der Waals surface area (Å²) in [6.07, 6.45) is 1.68. The van der Waals surface area contributed by atoms with Crippen molar-refractivity contribution in [3.8, 4) is 17.2 Å². The Balaban J connectivity index is 1.84. The lowest BCUT2D eigenvalue weighted by molar-refractivity contribution is 0.0700. The van der Waals surface area contributed by atoms with Gasteiger partial charge in [-0.15, -0.1) is 0 Å². The number of benzene rings is 2. The first-order valence-electron chi connectivity index (χ1n) is 9.96. The van der Waals surface area contributed by atoms with Crippen LogP contribution in [0.4, 0.5) is 0 Å². The highest BCUT2D eigenvalue weighted by Crippen LogP contribution is 2.46. The third-order valence-corrected chi connectivity index (χ3v) is 6.29. The third-order valence-electron chi connectivity index (χ3n) is 6.29. The van der Waals surface area contributed by atoms with E-state index in [0.29, 0.717) is 23.2 Å². The molecule has 2 aromatic carbocycles. The SMILES string of the molecule is COc1cc([C@H]2c3c(c4ccccc4[nH]c3=O)C(=O)N3CCC[C@H]23)cc(OC)c1O. The van der Waals surface area contributed by atoms with Crippen molar-refractivity contribution in [1.29, 1.82) is 0 Å². The van der Waals surface area contributed by atoms with Gasteiger partial charge in [0.15, 0.2) is 11.5 Å². The maximum absolute atomic E-state index is 13.4. The van der Waals surface area contributed by atoms with Gasteiger partial charge in [-0.2, -0.15) is 0 Å². The molecule has 2 N–H and O–H groups in total. The van der Waals surface area contributed by atoms with Crippen molar-refractivity contribution >= 4 is 16.8 Å². The number of ether oxygens (including phenoxy) is 2. The van der Waals surface area contributed by atoms with E-state index in [0.717, 1.165) is 23.8 Å². The number of pyridine rings is 1. The molecule has 0 radical (unpaired) electrons. The summed E-state index contributed by atoms with van der Waals surface area (Å²) in [7, 11) is 2.94. The van der Waals surface area contributed by atoms with E-state index in [1.165, 1.54) is 14.2 Å². The number of H-pyrrole nitrogens is 1. The number of methoxy groups -OCH3 is 2. The Hall–Kier alpha value is -3.48. The van der Waals surface area contributed by atoms with Crippen molar-refractivity contribution in [2.45, 2.75) is 24.8 Å². The fourth-order valence-corrected chi connectivity index (χ4v) is 4.99. The molecule has 0 spiro atoms. The van der Waals surface area contributed by atoms with Crippen LogP contribution in [-0.4, -0.2) is 47.7 Å². The second-order valence-electron chi connectivity index (χ2n) is 7.75. The summed E-state index contributed by atoms with van der Waals surface area (Å²) in [5, 5.41) is 11.1. The molecule has 1 amide bonds. The maximum atomic E-state index is 13.4. The van der Waals surface area contributed by atoms with Crippen LogP contribution in [0, 0.1) is 0 Å². The van der Waals surface area contributed by atoms with Crippen LogP contribution in [0.15, 0.2) is 41.2 Å². The molecule has 3 heterocycles. The number of aromatic hydroxyl groups is 1. The third kappa shape index (κ3) is 2.51. The molecule has 2 aliphatic rings. The molecule has 0 aliphatic carbocycles. The summed E-state index contributed by atoms with van der Waals surface area (Å²) in [5.41, 5.74) is 2.08. The Morgan fingerprint density at radius 3 is 2.50 bits per heavy atom. The molecule has 7 heteroatoms. The minimum atomic E-state index is -0.350. The lowest BCUT2D eigenvalue weighted by Gasteiger charge is -2.38. The molecule has 30 heavy (non-hydrogen) atoms. The number of nitrogens with zero attached hydrogens (tertiary/aromatic N) is 1. The number of para-hydroxylation sites is 1. The number of amides is 1. The molecule has 0 bridgehead atoms. The number of aromatic nitrogens is 1. The van der Waals surface area contributed by atoms with Crippen LogP contribution in [0.2, 0.25) is 0 Å². The van der Waals surface area contributed by atoms with E-state index in [4.69, 9.17) is 9.47 Å². The van der Waals surface area contributed by atoms with E-state index in [1.807, 2.05) is 29.2 Å². The smallest absolute Gasteiger partial charge is 0.255 e. The molecule has 0 unspecified atom stereocenters. The maximum Gasteiger partial charge on any atom is 0.255 e. The van der Waals surface area contributed by atoms with Crippen LogP contribution >= 0.6 is 0 Å². The summed E-state index contributed by atoms with van der Waals surface area (Å²) in [6.45, 7) is 0.660. The number of carbonyl (C=O) groups is 1. The van der Waals surface area contributed by atoms with Crippen molar-refractivity contribution in [3.05, 3.63) is 63.4 Å². The number of phenolic OH excluding ortho intramolecular Hbond substituents is 1. The predicted molar refractivity (Wildman–Crippen MR) is 112 cm³/mol. The van der Waals surface area contributed by atoms with Crippen molar-refractivity contribution in [3.63, 3.8) is 0 Å². The minimum absolute atomic E-state index is 0.0911. The molecule has 1 fully saturated rings. The highest BCUT2D eigenvalue weighted by molar-refractivity contribution is 6.08. The standard InChI is InChI=1S/C23H22N2O5/c1-29-16-10-12(11-17(30-2)21(16)26)18-15-8-5-9-25(15)23(28)19-13-6-3-4-7-14(13)24-22(27)20(18)19/h3-4,6-7,10-11,15,18,26H,5,8-9H2,1-2H3,(H,24,27)/t15-,18-/m1/s1. The molecular formula is C23H22N2O5. The van der Waals surface area contributed by atoms with Gasteiger partial charge in [0.05, 0.1) is 19.8 Å². The van der Waals surface area contributed by atoms with E-state index in [-0.39, 0.29) is 40.7 Å². The lowest BCUT2D eigenvalue weighted by atomic mass is 9.78. The number of aromatic amines is 1. The summed E-state index contributed by atoms with van der Waals surface area (Å²) < 4.78 is 10.7. The van der Waals surface area contributed by atoms with Gasteiger partial charge in [-0.3, -0.25) is 9.59 Å². The Kier molecular flexibility index (Phi) is 4.20. The zero-order chi connectivity index (χ0) is 21.0. The van der Waals surface area contributed by atoms with Gasteiger partial charge in [-0.05, 0) is 36.6 Å². The van der Waals surface area contributed by atoms with Crippen molar-refractivity contribution < 1.29 is 19.4 Å². The van der Waals surface area contributed by atoms with Gasteiger partial charge in [0, 0.05) is 35.0 Å². The molecule has 0 saturated carbocycles. The fraction of sp³-hybridized carbons (Fsp3) is 0.304. The topological polar surface area (TPSA) is 91.9 Å². The van der Waals surface area contributed by atoms with Crippen LogP contribution in [0.3, 0.4) is 0 Å². The summed E-state index contributed by atoms with van der Waals surface area (Å²) >= 11 is 0. The number of hydrogen-bond donors (Lipinski definition) is 2. The number of carbonyl (C=O) groups excluding carboxylic acids is 1. The van der Waals surface area contributed by atoms with Gasteiger partial charge < -0.3 is 24.5 Å².